The molecule has 0 spiro atoms. The zero-order chi connectivity index (χ0) is 38.1. The number of hydrogen-bond donors (Lipinski definition) is 3. The van der Waals surface area contributed by atoms with Gasteiger partial charge >= 0.3 is 12.2 Å². The standard InChI is InChI=1S/C40H65N3O9/c1-30(29-51-39(49)43-21-10-15-34(43)27-45)11-9-12-31(2)36(28-46)32(3)16-17-37(40(4,50)20-18-35(47)19-26-44)52-38(48)42-24-22-41(23-25-42)33-13-7-5-6-8-14-33/h9,11-12,16-17,26,28,30,32-37,45,47,50H,5-8,10,13-15,18-25,27,29H2,1-4H3/b11-9+,17-16+,31-12+/t30-,32+,34-,35+,36-,37+,40+/m1/s1. The largest absolute Gasteiger partial charge is 0.449 e. The maximum Gasteiger partial charge on any atom is 0.410 e. The van der Waals surface area contributed by atoms with Gasteiger partial charge in [-0.25, -0.2) is 9.59 Å². The van der Waals surface area contributed by atoms with Crippen molar-refractivity contribution >= 4 is 24.8 Å². The zero-order valence-electron chi connectivity index (χ0n) is 31.9. The quantitative estimate of drug-likeness (QED) is 0.0755. The number of nitrogens with zero attached hydrogens (tertiary/aromatic N) is 3. The van der Waals surface area contributed by atoms with E-state index >= 15 is 0 Å². The fraction of sp³-hybridized carbons (Fsp3) is 0.750. The summed E-state index contributed by atoms with van der Waals surface area (Å²) in [7, 11) is 0. The third kappa shape index (κ3) is 13.7. The second kappa shape index (κ2) is 22.2. The van der Waals surface area contributed by atoms with E-state index in [-0.39, 0.29) is 50.4 Å². The van der Waals surface area contributed by atoms with Gasteiger partial charge in [0.05, 0.1) is 25.4 Å². The predicted octanol–water partition coefficient (Wildman–Crippen LogP) is 5.05. The molecule has 52 heavy (non-hydrogen) atoms. The maximum absolute atomic E-state index is 13.5. The van der Waals surface area contributed by atoms with Gasteiger partial charge in [0.15, 0.2) is 6.10 Å². The number of allylic oxidation sites excluding steroid dienone is 4. The minimum absolute atomic E-state index is 0.0483. The van der Waals surface area contributed by atoms with Crippen molar-refractivity contribution in [3.05, 3.63) is 36.0 Å². The Hall–Kier alpha value is -3.06. The highest BCUT2D eigenvalue weighted by Gasteiger charge is 2.36. The molecule has 0 aromatic carbocycles. The number of likely N-dealkylation sites (tertiary alicyclic amines) is 1. The van der Waals surface area contributed by atoms with Crippen LogP contribution in [0.2, 0.25) is 0 Å². The molecule has 1 saturated carbocycles. The second-order valence-corrected chi connectivity index (χ2v) is 15.4. The van der Waals surface area contributed by atoms with Crippen molar-refractivity contribution in [2.75, 3.05) is 45.9 Å². The Kier molecular flexibility index (Phi) is 18.5. The van der Waals surface area contributed by atoms with E-state index in [1.165, 1.54) is 38.5 Å². The number of carbonyl (C=O) groups excluding carboxylic acids is 4. The highest BCUT2D eigenvalue weighted by molar-refractivity contribution is 5.69. The van der Waals surface area contributed by atoms with Crippen LogP contribution in [0, 0.1) is 17.8 Å². The summed E-state index contributed by atoms with van der Waals surface area (Å²) in [4.78, 5) is 54.8. The van der Waals surface area contributed by atoms with Gasteiger partial charge in [-0.05, 0) is 64.4 Å². The van der Waals surface area contributed by atoms with E-state index in [0.717, 1.165) is 37.8 Å². The molecule has 0 radical (unpaired) electrons. The Bertz CT molecular complexity index is 1200. The normalized spacial score (nSPS) is 23.8. The van der Waals surface area contributed by atoms with Crippen LogP contribution in [0.4, 0.5) is 9.59 Å². The number of hydrogen-bond acceptors (Lipinski definition) is 10. The van der Waals surface area contributed by atoms with Crippen LogP contribution in [-0.2, 0) is 19.1 Å². The van der Waals surface area contributed by atoms with E-state index in [4.69, 9.17) is 9.47 Å². The molecule has 3 rings (SSSR count). The van der Waals surface area contributed by atoms with E-state index in [2.05, 4.69) is 4.90 Å². The summed E-state index contributed by atoms with van der Waals surface area (Å²) >= 11 is 0. The monoisotopic (exact) mass is 731 g/mol. The summed E-state index contributed by atoms with van der Waals surface area (Å²) in [5.74, 6) is -0.869. The molecule has 2 amide bonds. The maximum atomic E-state index is 13.5. The van der Waals surface area contributed by atoms with Crippen LogP contribution in [0.3, 0.4) is 0 Å². The average Bonchev–Trinajstić information content (AvgIpc) is 3.45. The van der Waals surface area contributed by atoms with E-state index in [0.29, 0.717) is 32.0 Å². The molecule has 294 valence electrons. The Morgan fingerprint density at radius 3 is 2.25 bits per heavy atom. The molecule has 2 heterocycles. The van der Waals surface area contributed by atoms with Crippen molar-refractivity contribution in [2.45, 2.75) is 128 Å². The van der Waals surface area contributed by atoms with Crippen LogP contribution in [0.1, 0.15) is 98.3 Å². The summed E-state index contributed by atoms with van der Waals surface area (Å²) in [6.07, 6.45) is 16.9. The lowest BCUT2D eigenvalue weighted by atomic mass is 9.86. The first-order valence-corrected chi connectivity index (χ1v) is 19.5. The minimum Gasteiger partial charge on any atom is -0.449 e. The zero-order valence-corrected chi connectivity index (χ0v) is 31.9. The molecule has 7 atom stereocenters. The van der Waals surface area contributed by atoms with Crippen LogP contribution in [0.25, 0.3) is 0 Å². The first-order chi connectivity index (χ1) is 24.9. The van der Waals surface area contributed by atoms with Gasteiger partial charge in [0.1, 0.15) is 18.2 Å². The molecule has 1 aliphatic carbocycles. The molecule has 2 saturated heterocycles. The SMILES string of the molecule is C/C(=C\C=C\[C@@H](C)COC(=O)N1CCC[C@@H]1CO)[C@@H](C=O)[C@@H](C)/C=C/[C@H](OC(=O)N1CCN(C2CCCCCC2)CC1)[C@@](C)(O)CC[C@H](O)CC=O. The van der Waals surface area contributed by atoms with Gasteiger partial charge in [-0.3, -0.25) is 4.90 Å². The highest BCUT2D eigenvalue weighted by Crippen LogP contribution is 2.28. The summed E-state index contributed by atoms with van der Waals surface area (Å²) in [5.41, 5.74) is -0.741. The summed E-state index contributed by atoms with van der Waals surface area (Å²) < 4.78 is 11.4. The fourth-order valence-corrected chi connectivity index (χ4v) is 7.44. The number of aldehydes is 2. The summed E-state index contributed by atoms with van der Waals surface area (Å²) in [6.45, 7) is 10.5. The molecule has 3 aliphatic rings. The molecule has 2 aliphatic heterocycles. The van der Waals surface area contributed by atoms with Gasteiger partial charge in [-0.1, -0.05) is 69.4 Å². The molecule has 0 aromatic rings. The first kappa shape index (κ1) is 43.3. The van der Waals surface area contributed by atoms with Crippen LogP contribution < -0.4 is 0 Å². The lowest BCUT2D eigenvalue weighted by molar-refractivity contribution is -0.111. The molecule has 0 aromatic heterocycles. The topological polar surface area (TPSA) is 157 Å². The number of carbonyl (C=O) groups is 4. The number of piperazine rings is 1. The molecular formula is C40H65N3O9. The highest BCUT2D eigenvalue weighted by atomic mass is 16.6. The Labute approximate surface area is 310 Å². The molecule has 12 nitrogen and oxygen atoms in total. The Balaban J connectivity index is 1.62. The molecule has 3 N–H and O–H groups in total. The van der Waals surface area contributed by atoms with Crippen molar-refractivity contribution in [1.82, 2.24) is 14.7 Å². The Morgan fingerprint density at radius 2 is 1.62 bits per heavy atom. The third-order valence-electron chi connectivity index (χ3n) is 11.0. The molecule has 0 bridgehead atoms. The van der Waals surface area contributed by atoms with Gasteiger partial charge in [0, 0.05) is 57.0 Å². The average molecular weight is 732 g/mol. The van der Waals surface area contributed by atoms with Crippen LogP contribution in [-0.4, -0.2) is 131 Å². The van der Waals surface area contributed by atoms with Crippen molar-refractivity contribution in [1.29, 1.82) is 0 Å². The number of aliphatic hydroxyl groups excluding tert-OH is 2. The van der Waals surface area contributed by atoms with Crippen molar-refractivity contribution in [3.8, 4) is 0 Å². The predicted molar refractivity (Wildman–Crippen MR) is 200 cm³/mol. The van der Waals surface area contributed by atoms with Crippen molar-refractivity contribution in [3.63, 3.8) is 0 Å². The lowest BCUT2D eigenvalue weighted by Gasteiger charge is -2.40. The van der Waals surface area contributed by atoms with Crippen molar-refractivity contribution in [2.24, 2.45) is 17.8 Å². The van der Waals surface area contributed by atoms with Gasteiger partial charge in [-0.15, -0.1) is 0 Å². The van der Waals surface area contributed by atoms with Gasteiger partial charge in [0.2, 0.25) is 0 Å². The lowest BCUT2D eigenvalue weighted by Crippen LogP contribution is -2.53. The second-order valence-electron chi connectivity index (χ2n) is 15.4. The first-order valence-electron chi connectivity index (χ1n) is 19.5. The molecule has 12 heteroatoms. The van der Waals surface area contributed by atoms with E-state index in [9.17, 15) is 34.5 Å². The Morgan fingerprint density at radius 1 is 0.923 bits per heavy atom. The number of rotatable bonds is 18. The summed E-state index contributed by atoms with van der Waals surface area (Å²) in [5, 5.41) is 31.2. The van der Waals surface area contributed by atoms with E-state index < -0.39 is 35.9 Å². The van der Waals surface area contributed by atoms with Crippen LogP contribution in [0.5, 0.6) is 0 Å². The summed E-state index contributed by atoms with van der Waals surface area (Å²) in [6, 6.07) is 0.371. The van der Waals surface area contributed by atoms with Gasteiger partial charge in [0.25, 0.3) is 0 Å². The third-order valence-corrected chi connectivity index (χ3v) is 11.0. The van der Waals surface area contributed by atoms with E-state index in [1.54, 1.807) is 28.9 Å². The minimum atomic E-state index is -1.55. The van der Waals surface area contributed by atoms with E-state index in [1.807, 2.05) is 39.0 Å². The van der Waals surface area contributed by atoms with Gasteiger partial charge < -0.3 is 44.2 Å². The number of amides is 2. The fourth-order valence-electron chi connectivity index (χ4n) is 7.44. The molecule has 3 fully saturated rings. The number of aliphatic hydroxyl groups is 3. The molecular weight excluding hydrogens is 666 g/mol. The van der Waals surface area contributed by atoms with Gasteiger partial charge in [-0.2, -0.15) is 0 Å². The van der Waals surface area contributed by atoms with Crippen LogP contribution in [0.15, 0.2) is 36.0 Å². The smallest absolute Gasteiger partial charge is 0.410 e. The van der Waals surface area contributed by atoms with Crippen LogP contribution >= 0.6 is 0 Å². The number of ether oxygens (including phenoxy) is 2. The van der Waals surface area contributed by atoms with Crippen molar-refractivity contribution < 1.29 is 44.0 Å². The molecule has 0 unspecified atom stereocenters.